The summed E-state index contributed by atoms with van der Waals surface area (Å²) in [7, 11) is 0. The molecule has 2 aliphatic rings. The molecule has 2 aromatic carbocycles. The summed E-state index contributed by atoms with van der Waals surface area (Å²) in [5.41, 5.74) is 3.75. The van der Waals surface area contributed by atoms with Crippen LogP contribution >= 0.6 is 22.7 Å². The van der Waals surface area contributed by atoms with Crippen LogP contribution < -0.4 is 0 Å². The average molecular weight is 777 g/mol. The molecule has 0 aliphatic carbocycles. The lowest BCUT2D eigenvalue weighted by atomic mass is 10.0. The number of rotatable bonds is 7. The molecule has 0 saturated heterocycles. The van der Waals surface area contributed by atoms with E-state index in [1.807, 2.05) is 18.2 Å². The number of fused-ring (bicyclic) bond motifs is 2. The highest BCUT2D eigenvalue weighted by Crippen LogP contribution is 2.36. The van der Waals surface area contributed by atoms with Crippen LogP contribution in [0.2, 0.25) is 0 Å². The van der Waals surface area contributed by atoms with Gasteiger partial charge in [-0.2, -0.15) is 5.26 Å². The molecule has 0 spiro atoms. The third-order valence-corrected chi connectivity index (χ3v) is 10.6. The Hall–Kier alpha value is -5.73. The first-order chi connectivity index (χ1) is 25.6. The minimum absolute atomic E-state index is 0.166. The van der Waals surface area contributed by atoms with Gasteiger partial charge in [0.15, 0.2) is 0 Å². The maximum absolute atomic E-state index is 10.8. The number of thiophene rings is 2. The monoisotopic (exact) mass is 776 g/mol. The van der Waals surface area contributed by atoms with Crippen molar-refractivity contribution >= 4 is 83.6 Å². The van der Waals surface area contributed by atoms with E-state index in [0.717, 1.165) is 61.2 Å². The summed E-state index contributed by atoms with van der Waals surface area (Å²) in [5, 5.41) is 52.5. The number of carboxylic acid groups (broad SMARTS) is 4. The Kier molecular flexibility index (Phi) is 16.2. The molecule has 0 unspecified atom stereocenters. The molecule has 2 aliphatic heterocycles. The third-order valence-electron chi connectivity index (χ3n) is 8.26. The predicted octanol–water partition coefficient (Wildman–Crippen LogP) is 7.06. The Balaban J connectivity index is 0.000000217. The van der Waals surface area contributed by atoms with Gasteiger partial charge in [-0.05, 0) is 85.5 Å². The number of likely N-dealkylation sites (N-methyl/N-ethyl adjacent to an activating group) is 1. The summed E-state index contributed by atoms with van der Waals surface area (Å²) in [6, 6.07) is 18.2. The van der Waals surface area contributed by atoms with Gasteiger partial charge in [0, 0.05) is 75.7 Å². The maximum Gasteiger partial charge on any atom is 0.414 e. The molecule has 0 bridgehead atoms. The van der Waals surface area contributed by atoms with Gasteiger partial charge in [-0.3, -0.25) is 19.9 Å². The molecule has 4 aromatic rings. The summed E-state index contributed by atoms with van der Waals surface area (Å²) in [4.78, 5) is 55.3. The summed E-state index contributed by atoms with van der Waals surface area (Å²) < 4.78 is 2.21. The van der Waals surface area contributed by atoms with Crippen LogP contribution in [0.5, 0.6) is 0 Å². The molecule has 0 saturated carbocycles. The van der Waals surface area contributed by atoms with E-state index in [-0.39, 0.29) is 10.6 Å². The van der Waals surface area contributed by atoms with E-state index in [0.29, 0.717) is 18.2 Å². The van der Waals surface area contributed by atoms with E-state index in [1.54, 1.807) is 34.8 Å². The van der Waals surface area contributed by atoms with E-state index >= 15 is 0 Å². The van der Waals surface area contributed by atoms with Crippen LogP contribution in [0.3, 0.4) is 0 Å². The fourth-order valence-electron chi connectivity index (χ4n) is 5.29. The zero-order valence-corrected chi connectivity index (χ0v) is 31.4. The van der Waals surface area contributed by atoms with Gasteiger partial charge in [0.05, 0.1) is 16.6 Å². The summed E-state index contributed by atoms with van der Waals surface area (Å²) >= 11 is 3.46. The number of hydrogen-bond donors (Lipinski definition) is 4. The maximum atomic E-state index is 10.8. The number of aliphatic carboxylic acids is 4. The van der Waals surface area contributed by atoms with Crippen molar-refractivity contribution in [3.63, 3.8) is 0 Å². The molecule has 4 heterocycles. The fourth-order valence-corrected chi connectivity index (χ4v) is 7.63. The molecule has 0 amide bonds. The standard InChI is InChI=1S/C16H18N2O2S.C16H16N2S.C4H4O4.C2H2O4/c1-11(2)17-7-5-12(6-8-17)15-9-13-3-4-14(18(19)20)10-16(13)21-15;1-2-18-7-5-13(6-8-18)16-10-14-4-3-12(11-17)9-15(14)19-16;5-3(6)1-2-4(7)8;3-1(4)2(5)6/h3-5,9-11H,6-8H2,1-2H3;3-5,9-10H,2,6-8H2,1H3;1-2H,(H,5,6)(H,7,8);(H,3,4)(H,5,6)/b;;2-1-;. The molecular formula is C38H40N4O10S2. The van der Waals surface area contributed by atoms with E-state index in [2.05, 4.69) is 67.0 Å². The fraction of sp³-hybridized carbons (Fsp3) is 0.289. The van der Waals surface area contributed by atoms with Gasteiger partial charge in [-0.1, -0.05) is 25.1 Å². The Labute approximate surface area is 318 Å². The van der Waals surface area contributed by atoms with Crippen LogP contribution in [0, 0.1) is 21.4 Å². The van der Waals surface area contributed by atoms with Crippen molar-refractivity contribution in [1.29, 1.82) is 5.26 Å². The second-order valence-corrected chi connectivity index (χ2v) is 14.3. The van der Waals surface area contributed by atoms with Crippen LogP contribution in [0.4, 0.5) is 5.69 Å². The van der Waals surface area contributed by atoms with Crippen LogP contribution in [-0.4, -0.2) is 97.8 Å². The molecule has 0 radical (unpaired) electrons. The van der Waals surface area contributed by atoms with Gasteiger partial charge in [-0.15, -0.1) is 22.7 Å². The van der Waals surface area contributed by atoms with Crippen LogP contribution in [0.25, 0.3) is 31.3 Å². The molecule has 14 nitrogen and oxygen atoms in total. The number of non-ortho nitro benzene ring substituents is 1. The van der Waals surface area contributed by atoms with Crippen molar-refractivity contribution in [2.75, 3.05) is 32.7 Å². The molecule has 284 valence electrons. The molecule has 6 rings (SSSR count). The first-order valence-corrected chi connectivity index (χ1v) is 18.3. The zero-order chi connectivity index (χ0) is 39.9. The first-order valence-electron chi connectivity index (χ1n) is 16.7. The highest BCUT2D eigenvalue weighted by Gasteiger charge is 2.18. The number of benzene rings is 2. The number of hydrogen-bond acceptors (Lipinski definition) is 11. The minimum atomic E-state index is -1.82. The molecule has 4 N–H and O–H groups in total. The van der Waals surface area contributed by atoms with E-state index < -0.39 is 23.9 Å². The molecule has 0 fully saturated rings. The van der Waals surface area contributed by atoms with Gasteiger partial charge in [0.25, 0.3) is 5.69 Å². The zero-order valence-electron chi connectivity index (χ0n) is 29.8. The second-order valence-electron chi connectivity index (χ2n) is 12.1. The van der Waals surface area contributed by atoms with Crippen LogP contribution in [0.1, 0.15) is 48.9 Å². The summed E-state index contributed by atoms with van der Waals surface area (Å²) in [6.45, 7) is 12.1. The quantitative estimate of drug-likeness (QED) is 0.0640. The van der Waals surface area contributed by atoms with E-state index in [9.17, 15) is 19.7 Å². The van der Waals surface area contributed by atoms with Crippen molar-refractivity contribution < 1.29 is 44.5 Å². The Morgan fingerprint density at radius 2 is 1.35 bits per heavy atom. The van der Waals surface area contributed by atoms with Gasteiger partial charge < -0.3 is 20.4 Å². The lowest BCUT2D eigenvalue weighted by molar-refractivity contribution is -0.384. The number of nitro groups is 1. The largest absolute Gasteiger partial charge is 0.478 e. The van der Waals surface area contributed by atoms with E-state index in [4.69, 9.17) is 35.3 Å². The number of nitrogens with zero attached hydrogens (tertiary/aromatic N) is 4. The first kappa shape index (κ1) is 42.7. The predicted molar refractivity (Wildman–Crippen MR) is 209 cm³/mol. The van der Waals surface area contributed by atoms with Gasteiger partial charge >= 0.3 is 23.9 Å². The lowest BCUT2D eigenvalue weighted by Crippen LogP contribution is -2.34. The number of carbonyl (C=O) groups is 4. The SMILES string of the molecule is CC(C)N1CC=C(c2cc3ccc([N+](=O)[O-])cc3s2)CC1.CCN1CC=C(c2cc3ccc(C#N)cc3s2)CC1.O=C(O)/C=C\C(=O)O.O=C(O)C(=O)O. The summed E-state index contributed by atoms with van der Waals surface area (Å²) in [6.07, 6.45) is 7.94. The van der Waals surface area contributed by atoms with Gasteiger partial charge in [0.2, 0.25) is 0 Å². The van der Waals surface area contributed by atoms with Crippen molar-refractivity contribution in [3.8, 4) is 6.07 Å². The van der Waals surface area contributed by atoms with Crippen molar-refractivity contribution in [2.24, 2.45) is 0 Å². The van der Waals surface area contributed by atoms with E-state index in [1.165, 1.54) is 31.0 Å². The Morgan fingerprint density at radius 1 is 0.833 bits per heavy atom. The Bertz CT molecular complexity index is 2110. The van der Waals surface area contributed by atoms with Crippen molar-refractivity contribution in [2.45, 2.75) is 39.7 Å². The number of carboxylic acids is 4. The highest BCUT2D eigenvalue weighted by molar-refractivity contribution is 7.20. The summed E-state index contributed by atoms with van der Waals surface area (Å²) in [5.74, 6) is -6.16. The van der Waals surface area contributed by atoms with Crippen LogP contribution in [0.15, 0.2) is 72.8 Å². The average Bonchev–Trinajstić information content (AvgIpc) is 3.79. The number of nitro benzene ring substituents is 1. The van der Waals surface area contributed by atoms with Gasteiger partial charge in [-0.25, -0.2) is 19.2 Å². The number of nitriles is 1. The molecule has 54 heavy (non-hydrogen) atoms. The molecular weight excluding hydrogens is 737 g/mol. The lowest BCUT2D eigenvalue weighted by Gasteiger charge is -2.29. The Morgan fingerprint density at radius 3 is 1.76 bits per heavy atom. The smallest absolute Gasteiger partial charge is 0.414 e. The molecule has 0 atom stereocenters. The topological polar surface area (TPSA) is 223 Å². The van der Waals surface area contributed by atoms with Crippen LogP contribution in [-0.2, 0) is 19.2 Å². The molecule has 16 heteroatoms. The normalized spacial score (nSPS) is 14.4. The second kappa shape index (κ2) is 20.5. The third kappa shape index (κ3) is 13.0. The van der Waals surface area contributed by atoms with Crippen molar-refractivity contribution in [3.05, 3.63) is 98.3 Å². The minimum Gasteiger partial charge on any atom is -0.478 e. The highest BCUT2D eigenvalue weighted by atomic mass is 32.1. The van der Waals surface area contributed by atoms with Crippen molar-refractivity contribution in [1.82, 2.24) is 9.80 Å². The van der Waals surface area contributed by atoms with Gasteiger partial charge in [0.1, 0.15) is 0 Å². The molecule has 2 aromatic heterocycles.